The standard InChI is InChI=1S/C15H14N2O2/c1-11-12(10-18)6-5-9-14(11)17-15(19)16-13-7-3-2-4-8-13/h2-10H,1H3,(H2,16,17,19). The van der Waals surface area contributed by atoms with Crippen molar-refractivity contribution in [1.82, 2.24) is 0 Å². The molecule has 0 bridgehead atoms. The van der Waals surface area contributed by atoms with Gasteiger partial charge in [-0.3, -0.25) is 4.79 Å². The van der Waals surface area contributed by atoms with Gasteiger partial charge in [0.05, 0.1) is 0 Å². The van der Waals surface area contributed by atoms with E-state index >= 15 is 0 Å². The minimum Gasteiger partial charge on any atom is -0.308 e. The summed E-state index contributed by atoms with van der Waals surface area (Å²) < 4.78 is 0. The first-order chi connectivity index (χ1) is 9.20. The highest BCUT2D eigenvalue weighted by Gasteiger charge is 2.07. The molecule has 0 aliphatic rings. The molecule has 0 atom stereocenters. The molecule has 2 aromatic carbocycles. The summed E-state index contributed by atoms with van der Waals surface area (Å²) in [6.45, 7) is 1.79. The number of hydrogen-bond acceptors (Lipinski definition) is 2. The van der Waals surface area contributed by atoms with Crippen LogP contribution in [0.3, 0.4) is 0 Å². The minimum absolute atomic E-state index is 0.336. The van der Waals surface area contributed by atoms with E-state index in [1.807, 2.05) is 18.2 Å². The summed E-state index contributed by atoms with van der Waals surface area (Å²) in [7, 11) is 0. The molecule has 96 valence electrons. The van der Waals surface area contributed by atoms with Gasteiger partial charge in [0.25, 0.3) is 0 Å². The number of urea groups is 1. The normalized spacial score (nSPS) is 9.74. The summed E-state index contributed by atoms with van der Waals surface area (Å²) in [6, 6.07) is 14.0. The van der Waals surface area contributed by atoms with Gasteiger partial charge < -0.3 is 10.6 Å². The Bertz CT molecular complexity index is 594. The van der Waals surface area contributed by atoms with Crippen LogP contribution in [0.4, 0.5) is 16.2 Å². The lowest BCUT2D eigenvalue weighted by molar-refractivity contribution is 0.112. The van der Waals surface area contributed by atoms with Crippen molar-refractivity contribution in [2.45, 2.75) is 6.92 Å². The van der Waals surface area contributed by atoms with Crippen molar-refractivity contribution in [3.63, 3.8) is 0 Å². The summed E-state index contributed by atoms with van der Waals surface area (Å²) in [6.07, 6.45) is 0.773. The van der Waals surface area contributed by atoms with E-state index in [1.54, 1.807) is 37.3 Å². The number of para-hydroxylation sites is 1. The molecule has 2 aromatic rings. The molecule has 2 rings (SSSR count). The lowest BCUT2D eigenvalue weighted by Crippen LogP contribution is -2.20. The van der Waals surface area contributed by atoms with Crippen LogP contribution in [0, 0.1) is 6.92 Å². The second-order valence-electron chi connectivity index (χ2n) is 4.08. The van der Waals surface area contributed by atoms with Crippen molar-refractivity contribution in [1.29, 1.82) is 0 Å². The monoisotopic (exact) mass is 254 g/mol. The summed E-state index contributed by atoms with van der Waals surface area (Å²) in [4.78, 5) is 22.7. The first-order valence-electron chi connectivity index (χ1n) is 5.88. The third-order valence-corrected chi connectivity index (χ3v) is 2.78. The van der Waals surface area contributed by atoms with Gasteiger partial charge in [-0.15, -0.1) is 0 Å². The Morgan fingerprint density at radius 1 is 1.00 bits per heavy atom. The van der Waals surface area contributed by atoms with E-state index < -0.39 is 0 Å². The van der Waals surface area contributed by atoms with Crippen molar-refractivity contribution < 1.29 is 9.59 Å². The van der Waals surface area contributed by atoms with Crippen LogP contribution in [0.25, 0.3) is 0 Å². The Morgan fingerprint density at radius 3 is 2.42 bits per heavy atom. The Kier molecular flexibility index (Phi) is 3.93. The van der Waals surface area contributed by atoms with Crippen molar-refractivity contribution >= 4 is 23.7 Å². The topological polar surface area (TPSA) is 58.2 Å². The summed E-state index contributed by atoms with van der Waals surface area (Å²) >= 11 is 0. The molecule has 4 heteroatoms. The molecule has 0 radical (unpaired) electrons. The van der Waals surface area contributed by atoms with Gasteiger partial charge in [0.15, 0.2) is 0 Å². The molecule has 0 fully saturated rings. The number of carbonyl (C=O) groups excluding carboxylic acids is 2. The Morgan fingerprint density at radius 2 is 1.74 bits per heavy atom. The van der Waals surface area contributed by atoms with Crippen LogP contribution in [0.2, 0.25) is 0 Å². The highest BCUT2D eigenvalue weighted by atomic mass is 16.2. The molecule has 2 amide bonds. The molecule has 2 N–H and O–H groups in total. The highest BCUT2D eigenvalue weighted by Crippen LogP contribution is 2.18. The molecule has 0 aromatic heterocycles. The van der Waals surface area contributed by atoms with Gasteiger partial charge in [-0.1, -0.05) is 30.3 Å². The number of aldehydes is 1. The van der Waals surface area contributed by atoms with E-state index in [0.717, 1.165) is 11.8 Å². The van der Waals surface area contributed by atoms with Gasteiger partial charge >= 0.3 is 6.03 Å². The fraction of sp³-hybridized carbons (Fsp3) is 0.0667. The van der Waals surface area contributed by atoms with E-state index in [0.29, 0.717) is 16.9 Å². The summed E-state index contributed by atoms with van der Waals surface area (Å²) in [5.41, 5.74) is 2.65. The summed E-state index contributed by atoms with van der Waals surface area (Å²) in [5.74, 6) is 0. The lowest BCUT2D eigenvalue weighted by atomic mass is 10.1. The third-order valence-electron chi connectivity index (χ3n) is 2.78. The zero-order valence-electron chi connectivity index (χ0n) is 10.5. The lowest BCUT2D eigenvalue weighted by Gasteiger charge is -2.10. The Hall–Kier alpha value is -2.62. The molecule has 0 saturated carbocycles. The second-order valence-corrected chi connectivity index (χ2v) is 4.08. The van der Waals surface area contributed by atoms with Crippen LogP contribution in [0.15, 0.2) is 48.5 Å². The second kappa shape index (κ2) is 5.82. The number of hydrogen-bond donors (Lipinski definition) is 2. The van der Waals surface area contributed by atoms with E-state index in [2.05, 4.69) is 10.6 Å². The van der Waals surface area contributed by atoms with Gasteiger partial charge in [0.2, 0.25) is 0 Å². The van der Waals surface area contributed by atoms with E-state index in [9.17, 15) is 9.59 Å². The van der Waals surface area contributed by atoms with Crippen LogP contribution in [-0.4, -0.2) is 12.3 Å². The van der Waals surface area contributed by atoms with Crippen LogP contribution in [-0.2, 0) is 0 Å². The fourth-order valence-electron chi connectivity index (χ4n) is 1.72. The van der Waals surface area contributed by atoms with Crippen LogP contribution < -0.4 is 10.6 Å². The van der Waals surface area contributed by atoms with Gasteiger partial charge in [0, 0.05) is 16.9 Å². The molecule has 0 aliphatic carbocycles. The van der Waals surface area contributed by atoms with Crippen molar-refractivity contribution in [2.24, 2.45) is 0 Å². The average molecular weight is 254 g/mol. The molecule has 0 saturated heterocycles. The number of anilines is 2. The molecule has 0 spiro atoms. The first kappa shape index (κ1) is 12.8. The fourth-order valence-corrected chi connectivity index (χ4v) is 1.72. The van der Waals surface area contributed by atoms with Gasteiger partial charge in [-0.05, 0) is 30.7 Å². The third kappa shape index (κ3) is 3.19. The van der Waals surface area contributed by atoms with Crippen molar-refractivity contribution in [3.8, 4) is 0 Å². The van der Waals surface area contributed by atoms with Crippen molar-refractivity contribution in [2.75, 3.05) is 10.6 Å². The van der Waals surface area contributed by atoms with Crippen LogP contribution in [0.5, 0.6) is 0 Å². The summed E-state index contributed by atoms with van der Waals surface area (Å²) in [5, 5.41) is 5.44. The quantitative estimate of drug-likeness (QED) is 0.824. The van der Waals surface area contributed by atoms with Crippen LogP contribution >= 0.6 is 0 Å². The van der Waals surface area contributed by atoms with E-state index in [1.165, 1.54) is 0 Å². The molecular weight excluding hydrogens is 240 g/mol. The van der Waals surface area contributed by atoms with E-state index in [4.69, 9.17) is 0 Å². The SMILES string of the molecule is Cc1c(C=O)cccc1NC(=O)Nc1ccccc1. The predicted octanol–water partition coefficient (Wildman–Crippen LogP) is 3.45. The molecule has 0 unspecified atom stereocenters. The van der Waals surface area contributed by atoms with E-state index in [-0.39, 0.29) is 6.03 Å². The number of amides is 2. The number of carbonyl (C=O) groups is 2. The zero-order valence-corrected chi connectivity index (χ0v) is 10.5. The highest BCUT2D eigenvalue weighted by molar-refractivity contribution is 6.00. The average Bonchev–Trinajstić information content (AvgIpc) is 2.42. The largest absolute Gasteiger partial charge is 0.323 e. The number of rotatable bonds is 3. The zero-order chi connectivity index (χ0) is 13.7. The first-order valence-corrected chi connectivity index (χ1v) is 5.88. The Labute approximate surface area is 111 Å². The molecule has 0 heterocycles. The van der Waals surface area contributed by atoms with Crippen LogP contribution in [0.1, 0.15) is 15.9 Å². The minimum atomic E-state index is -0.336. The maximum atomic E-state index is 11.8. The number of nitrogens with one attached hydrogen (secondary N) is 2. The van der Waals surface area contributed by atoms with Gasteiger partial charge in [-0.2, -0.15) is 0 Å². The Balaban J connectivity index is 2.09. The number of benzene rings is 2. The smallest absolute Gasteiger partial charge is 0.308 e. The maximum absolute atomic E-state index is 11.8. The predicted molar refractivity (Wildman–Crippen MR) is 75.6 cm³/mol. The van der Waals surface area contributed by atoms with Gasteiger partial charge in [0.1, 0.15) is 6.29 Å². The maximum Gasteiger partial charge on any atom is 0.323 e. The molecule has 19 heavy (non-hydrogen) atoms. The van der Waals surface area contributed by atoms with Gasteiger partial charge in [-0.25, -0.2) is 4.79 Å². The molecule has 4 nitrogen and oxygen atoms in total. The van der Waals surface area contributed by atoms with Crippen molar-refractivity contribution in [3.05, 3.63) is 59.7 Å². The molecule has 0 aliphatic heterocycles. The molecular formula is C15H14N2O2.